The predicted octanol–water partition coefficient (Wildman–Crippen LogP) is 0.771. The molecule has 8 nitrogen and oxygen atoms in total. The van der Waals surface area contributed by atoms with Crippen LogP contribution < -0.4 is 16.4 Å². The van der Waals surface area contributed by atoms with E-state index in [0.717, 1.165) is 84.4 Å². The van der Waals surface area contributed by atoms with Crippen LogP contribution in [0, 0.1) is 5.92 Å². The van der Waals surface area contributed by atoms with Crippen molar-refractivity contribution in [2.45, 2.75) is 32.9 Å². The number of hydrogen-bond acceptors (Lipinski definition) is 5. The van der Waals surface area contributed by atoms with E-state index < -0.39 is 0 Å². The molecule has 8 heteroatoms. The summed E-state index contributed by atoms with van der Waals surface area (Å²) >= 11 is 0. The van der Waals surface area contributed by atoms with E-state index in [2.05, 4.69) is 51.6 Å². The fourth-order valence-corrected chi connectivity index (χ4v) is 4.19. The number of amides is 1. The number of ether oxygens (including phenoxy) is 1. The van der Waals surface area contributed by atoms with Crippen molar-refractivity contribution < 1.29 is 9.53 Å². The zero-order chi connectivity index (χ0) is 21.9. The number of benzene rings is 1. The molecule has 1 atom stereocenters. The zero-order valence-electron chi connectivity index (χ0n) is 18.8. The van der Waals surface area contributed by atoms with Gasteiger partial charge in [-0.1, -0.05) is 24.3 Å². The van der Waals surface area contributed by atoms with Gasteiger partial charge in [-0.2, -0.15) is 0 Å². The second kappa shape index (κ2) is 12.6. The summed E-state index contributed by atoms with van der Waals surface area (Å²) in [6, 6.07) is 8.57. The summed E-state index contributed by atoms with van der Waals surface area (Å²) in [6.07, 6.45) is 1.94. The van der Waals surface area contributed by atoms with Crippen LogP contribution in [0.2, 0.25) is 0 Å². The maximum absolute atomic E-state index is 11.5. The highest BCUT2D eigenvalue weighted by atomic mass is 16.5. The molecule has 3 rings (SSSR count). The van der Waals surface area contributed by atoms with Crippen LogP contribution in [-0.2, 0) is 22.6 Å². The van der Waals surface area contributed by atoms with Gasteiger partial charge < -0.3 is 21.1 Å². The molecular formula is C23H38N6O2. The fraction of sp³-hybridized carbons (Fsp3) is 0.652. The molecule has 1 aromatic rings. The zero-order valence-corrected chi connectivity index (χ0v) is 18.8. The Labute approximate surface area is 186 Å². The molecule has 2 aliphatic heterocycles. The topological polar surface area (TPSA) is 95.2 Å². The number of nitrogens with one attached hydrogen (secondary N) is 2. The van der Waals surface area contributed by atoms with Crippen LogP contribution in [0.3, 0.4) is 0 Å². The molecule has 2 heterocycles. The Hall–Kier alpha value is -2.16. The van der Waals surface area contributed by atoms with E-state index in [1.54, 1.807) is 0 Å². The van der Waals surface area contributed by atoms with Gasteiger partial charge in [0.05, 0.1) is 25.7 Å². The third kappa shape index (κ3) is 8.12. The first-order valence-corrected chi connectivity index (χ1v) is 11.6. The first kappa shape index (κ1) is 23.5. The number of primary amides is 1. The number of morpholine rings is 1. The second-order valence-corrected chi connectivity index (χ2v) is 8.37. The van der Waals surface area contributed by atoms with Gasteiger partial charge in [0.15, 0.2) is 5.96 Å². The highest BCUT2D eigenvalue weighted by Gasteiger charge is 2.23. The van der Waals surface area contributed by atoms with E-state index in [0.29, 0.717) is 6.54 Å². The van der Waals surface area contributed by atoms with Crippen LogP contribution in [0.4, 0.5) is 0 Å². The van der Waals surface area contributed by atoms with Crippen molar-refractivity contribution in [1.82, 2.24) is 20.4 Å². The molecule has 0 radical (unpaired) electrons. The number of carbonyl (C=O) groups excluding carboxylic acids is 1. The largest absolute Gasteiger partial charge is 0.379 e. The summed E-state index contributed by atoms with van der Waals surface area (Å²) in [5.41, 5.74) is 7.96. The normalized spacial score (nSPS) is 21.1. The Balaban J connectivity index is 1.50. The van der Waals surface area contributed by atoms with Gasteiger partial charge in [0.2, 0.25) is 5.91 Å². The van der Waals surface area contributed by atoms with Crippen LogP contribution in [-0.4, -0.2) is 80.7 Å². The van der Waals surface area contributed by atoms with Crippen molar-refractivity contribution >= 4 is 11.9 Å². The minimum absolute atomic E-state index is 0.0206. The fourth-order valence-electron chi connectivity index (χ4n) is 4.19. The molecular weight excluding hydrogens is 392 g/mol. The van der Waals surface area contributed by atoms with Crippen molar-refractivity contribution in [3.63, 3.8) is 0 Å². The average Bonchev–Trinajstić information content (AvgIpc) is 2.78. The highest BCUT2D eigenvalue weighted by molar-refractivity contribution is 5.79. The molecule has 0 saturated carbocycles. The molecule has 1 unspecified atom stereocenters. The molecule has 0 bridgehead atoms. The lowest BCUT2D eigenvalue weighted by atomic mass is 9.97. The van der Waals surface area contributed by atoms with Gasteiger partial charge in [-0.15, -0.1) is 0 Å². The minimum atomic E-state index is -0.176. The van der Waals surface area contributed by atoms with Crippen LogP contribution in [0.1, 0.15) is 30.9 Å². The summed E-state index contributed by atoms with van der Waals surface area (Å²) < 4.78 is 5.40. The Bertz CT molecular complexity index is 720. The third-order valence-corrected chi connectivity index (χ3v) is 5.89. The maximum Gasteiger partial charge on any atom is 0.221 e. The quantitative estimate of drug-likeness (QED) is 0.396. The predicted molar refractivity (Wildman–Crippen MR) is 124 cm³/mol. The number of likely N-dealkylation sites (tertiary alicyclic amines) is 1. The van der Waals surface area contributed by atoms with Crippen LogP contribution >= 0.6 is 0 Å². The number of nitrogens with zero attached hydrogens (tertiary/aromatic N) is 3. The lowest BCUT2D eigenvalue weighted by Crippen LogP contribution is -2.44. The Morgan fingerprint density at radius 1 is 1.19 bits per heavy atom. The van der Waals surface area contributed by atoms with E-state index in [1.807, 2.05) is 0 Å². The van der Waals surface area contributed by atoms with Gasteiger partial charge >= 0.3 is 0 Å². The average molecular weight is 431 g/mol. The SMILES string of the molecule is CCNC(=NCc1cccc(CN2CCCC(C(N)=O)C2)c1)NCCN1CCOCC1. The van der Waals surface area contributed by atoms with Gasteiger partial charge in [0, 0.05) is 45.8 Å². The number of piperidine rings is 1. The number of nitrogens with two attached hydrogens (primary N) is 1. The minimum Gasteiger partial charge on any atom is -0.379 e. The Morgan fingerprint density at radius 3 is 2.77 bits per heavy atom. The van der Waals surface area contributed by atoms with Crippen molar-refractivity contribution in [2.75, 3.05) is 59.0 Å². The van der Waals surface area contributed by atoms with Crippen molar-refractivity contribution in [3.8, 4) is 0 Å². The molecule has 1 aromatic carbocycles. The van der Waals surface area contributed by atoms with E-state index in [9.17, 15) is 4.79 Å². The molecule has 172 valence electrons. The molecule has 31 heavy (non-hydrogen) atoms. The first-order chi connectivity index (χ1) is 15.1. The van der Waals surface area contributed by atoms with Gasteiger partial charge in [-0.25, -0.2) is 4.99 Å². The van der Waals surface area contributed by atoms with Crippen molar-refractivity contribution in [3.05, 3.63) is 35.4 Å². The summed E-state index contributed by atoms with van der Waals surface area (Å²) in [5, 5.41) is 6.77. The number of hydrogen-bond donors (Lipinski definition) is 3. The summed E-state index contributed by atoms with van der Waals surface area (Å²) in [7, 11) is 0. The number of aliphatic imine (C=N–C) groups is 1. The van der Waals surface area contributed by atoms with Gasteiger partial charge in [-0.3, -0.25) is 14.6 Å². The number of rotatable bonds is 9. The lowest BCUT2D eigenvalue weighted by molar-refractivity contribution is -0.123. The van der Waals surface area contributed by atoms with Crippen LogP contribution in [0.25, 0.3) is 0 Å². The van der Waals surface area contributed by atoms with Gasteiger partial charge in [-0.05, 0) is 37.4 Å². The van der Waals surface area contributed by atoms with Crippen LogP contribution in [0.15, 0.2) is 29.3 Å². The van der Waals surface area contributed by atoms with E-state index >= 15 is 0 Å². The smallest absolute Gasteiger partial charge is 0.221 e. The first-order valence-electron chi connectivity index (χ1n) is 11.6. The Morgan fingerprint density at radius 2 is 2.00 bits per heavy atom. The highest BCUT2D eigenvalue weighted by Crippen LogP contribution is 2.19. The van der Waals surface area contributed by atoms with E-state index in [4.69, 9.17) is 15.5 Å². The van der Waals surface area contributed by atoms with Crippen LogP contribution in [0.5, 0.6) is 0 Å². The summed E-state index contributed by atoms with van der Waals surface area (Å²) in [6.45, 7) is 11.7. The maximum atomic E-state index is 11.5. The molecule has 0 spiro atoms. The molecule has 2 fully saturated rings. The molecule has 0 aliphatic carbocycles. The molecule has 0 aromatic heterocycles. The molecule has 2 saturated heterocycles. The van der Waals surface area contributed by atoms with E-state index in [-0.39, 0.29) is 11.8 Å². The van der Waals surface area contributed by atoms with Gasteiger partial charge in [0.25, 0.3) is 0 Å². The summed E-state index contributed by atoms with van der Waals surface area (Å²) in [4.78, 5) is 21.0. The monoisotopic (exact) mass is 430 g/mol. The second-order valence-electron chi connectivity index (χ2n) is 8.37. The summed E-state index contributed by atoms with van der Waals surface area (Å²) in [5.74, 6) is 0.652. The van der Waals surface area contributed by atoms with E-state index in [1.165, 1.54) is 11.1 Å². The third-order valence-electron chi connectivity index (χ3n) is 5.89. The molecule has 2 aliphatic rings. The number of guanidine groups is 1. The molecule has 4 N–H and O–H groups in total. The van der Waals surface area contributed by atoms with Gasteiger partial charge in [0.1, 0.15) is 0 Å². The van der Waals surface area contributed by atoms with Crippen molar-refractivity contribution in [1.29, 1.82) is 0 Å². The Kier molecular flexibility index (Phi) is 9.58. The standard InChI is InChI=1S/C23H38N6O2/c1-2-25-23(26-8-10-28-11-13-31-14-12-28)27-16-19-5-3-6-20(15-19)17-29-9-4-7-21(18-29)22(24)30/h3,5-6,15,21H,2,4,7-14,16-18H2,1H3,(H2,24,30)(H2,25,26,27). The lowest BCUT2D eigenvalue weighted by Gasteiger charge is -2.31. The number of carbonyl (C=O) groups is 1. The van der Waals surface area contributed by atoms with Crippen molar-refractivity contribution in [2.24, 2.45) is 16.6 Å². The molecule has 1 amide bonds.